The molecule has 9 heteroatoms. The molecule has 1 aliphatic carbocycles. The van der Waals surface area contributed by atoms with Crippen LogP contribution in [-0.2, 0) is 16.0 Å². The number of carbonyl (C=O) groups excluding carboxylic acids is 1. The van der Waals surface area contributed by atoms with Crippen LogP contribution in [0.2, 0.25) is 0 Å². The van der Waals surface area contributed by atoms with Crippen LogP contribution in [0.4, 0.5) is 0 Å². The predicted octanol–water partition coefficient (Wildman–Crippen LogP) is 1.88. The Bertz CT molecular complexity index is 834. The maximum atomic E-state index is 12.2. The Morgan fingerprint density at radius 3 is 2.38 bits per heavy atom. The van der Waals surface area contributed by atoms with Crippen molar-refractivity contribution in [3.63, 3.8) is 0 Å². The zero-order chi connectivity index (χ0) is 22.0. The molecule has 1 saturated carbocycles. The van der Waals surface area contributed by atoms with E-state index in [1.54, 1.807) is 24.8 Å². The summed E-state index contributed by atoms with van der Waals surface area (Å²) in [5.41, 5.74) is 0.773. The quantitative estimate of drug-likeness (QED) is 0.598. The van der Waals surface area contributed by atoms with Crippen molar-refractivity contribution in [1.29, 1.82) is 0 Å². The molecule has 2 aromatic heterocycles. The summed E-state index contributed by atoms with van der Waals surface area (Å²) in [5.74, 6) is 2.26. The molecule has 1 N–H and O–H groups in total. The molecule has 0 unspecified atom stereocenters. The van der Waals surface area contributed by atoms with E-state index >= 15 is 0 Å². The molecule has 32 heavy (non-hydrogen) atoms. The van der Waals surface area contributed by atoms with Gasteiger partial charge in [-0.3, -0.25) is 9.69 Å². The van der Waals surface area contributed by atoms with Crippen molar-refractivity contribution in [3.05, 3.63) is 30.4 Å². The molecule has 2 aromatic rings. The Labute approximate surface area is 189 Å². The molecule has 2 aliphatic rings. The number of ether oxygens (including phenoxy) is 2. The summed E-state index contributed by atoms with van der Waals surface area (Å²) in [5, 5.41) is 3.01. The first kappa shape index (κ1) is 22.5. The molecule has 172 valence electrons. The molecule has 0 aromatic carbocycles. The van der Waals surface area contributed by atoms with Gasteiger partial charge in [-0.2, -0.15) is 0 Å². The largest absolute Gasteiger partial charge is 0.489 e. The summed E-state index contributed by atoms with van der Waals surface area (Å²) < 4.78 is 11.1. The van der Waals surface area contributed by atoms with E-state index in [0.717, 1.165) is 57.3 Å². The lowest BCUT2D eigenvalue weighted by atomic mass is 10.0. The third-order valence-corrected chi connectivity index (χ3v) is 6.03. The molecule has 1 saturated heterocycles. The van der Waals surface area contributed by atoms with Crippen molar-refractivity contribution in [2.24, 2.45) is 5.92 Å². The van der Waals surface area contributed by atoms with E-state index in [9.17, 15) is 4.79 Å². The van der Waals surface area contributed by atoms with Crippen LogP contribution >= 0.6 is 0 Å². The number of amides is 1. The van der Waals surface area contributed by atoms with Gasteiger partial charge in [0.2, 0.25) is 5.91 Å². The summed E-state index contributed by atoms with van der Waals surface area (Å²) in [4.78, 5) is 31.7. The van der Waals surface area contributed by atoms with Gasteiger partial charge in [0.1, 0.15) is 6.61 Å². The van der Waals surface area contributed by atoms with Gasteiger partial charge >= 0.3 is 0 Å². The molecule has 3 heterocycles. The second-order valence-corrected chi connectivity index (χ2v) is 8.43. The Morgan fingerprint density at radius 1 is 1.03 bits per heavy atom. The van der Waals surface area contributed by atoms with E-state index in [0.29, 0.717) is 24.0 Å². The molecule has 0 atom stereocenters. The second kappa shape index (κ2) is 11.8. The van der Waals surface area contributed by atoms with E-state index in [2.05, 4.69) is 30.2 Å². The smallest absolute Gasteiger partial charge is 0.224 e. The van der Waals surface area contributed by atoms with Crippen LogP contribution in [-0.4, -0.2) is 76.7 Å². The Morgan fingerprint density at radius 2 is 1.69 bits per heavy atom. The topological polar surface area (TPSA) is 102 Å². The zero-order valence-electron chi connectivity index (χ0n) is 18.5. The fourth-order valence-corrected chi connectivity index (χ4v) is 4.15. The molecular formula is C23H32N6O3. The van der Waals surface area contributed by atoms with Gasteiger partial charge in [-0.25, -0.2) is 19.9 Å². The van der Waals surface area contributed by atoms with Crippen LogP contribution in [0.15, 0.2) is 24.8 Å². The number of hydrogen-bond donors (Lipinski definition) is 1. The Hall–Kier alpha value is -2.65. The molecule has 1 amide bonds. The fraction of sp³-hybridized carbons (Fsp3) is 0.609. The molecule has 0 radical (unpaired) electrons. The number of hydrogen-bond acceptors (Lipinski definition) is 8. The lowest BCUT2D eigenvalue weighted by Crippen LogP contribution is -2.38. The van der Waals surface area contributed by atoms with Crippen LogP contribution in [0.25, 0.3) is 11.6 Å². The number of nitrogens with zero attached hydrogens (tertiary/aromatic N) is 5. The monoisotopic (exact) mass is 440 g/mol. The first-order chi connectivity index (χ1) is 15.8. The van der Waals surface area contributed by atoms with E-state index in [1.807, 2.05) is 0 Å². The second-order valence-electron chi connectivity index (χ2n) is 8.43. The predicted molar refractivity (Wildman–Crippen MR) is 119 cm³/mol. The maximum absolute atomic E-state index is 12.2. The van der Waals surface area contributed by atoms with Gasteiger partial charge in [-0.1, -0.05) is 25.7 Å². The molecule has 0 bridgehead atoms. The van der Waals surface area contributed by atoms with E-state index in [4.69, 9.17) is 9.47 Å². The average Bonchev–Trinajstić information content (AvgIpc) is 3.34. The van der Waals surface area contributed by atoms with Crippen molar-refractivity contribution in [1.82, 2.24) is 30.2 Å². The highest BCUT2D eigenvalue weighted by Crippen LogP contribution is 2.26. The minimum atomic E-state index is 0.00850. The van der Waals surface area contributed by atoms with Crippen molar-refractivity contribution in [3.8, 4) is 17.4 Å². The van der Waals surface area contributed by atoms with Gasteiger partial charge in [0.25, 0.3) is 0 Å². The minimum absolute atomic E-state index is 0.00850. The number of morpholine rings is 1. The van der Waals surface area contributed by atoms with Crippen molar-refractivity contribution >= 4 is 5.91 Å². The number of nitrogens with one attached hydrogen (secondary N) is 1. The molecule has 0 spiro atoms. The highest BCUT2D eigenvalue weighted by Gasteiger charge is 2.15. The number of rotatable bonds is 10. The van der Waals surface area contributed by atoms with Gasteiger partial charge in [0.05, 0.1) is 32.0 Å². The number of aromatic nitrogens is 4. The van der Waals surface area contributed by atoms with Crippen LogP contribution in [0.5, 0.6) is 5.75 Å². The van der Waals surface area contributed by atoms with Crippen LogP contribution < -0.4 is 10.1 Å². The molecule has 1 aliphatic heterocycles. The van der Waals surface area contributed by atoms with Crippen molar-refractivity contribution in [2.75, 3.05) is 46.0 Å². The lowest BCUT2D eigenvalue weighted by molar-refractivity contribution is -0.120. The standard InChI is InChI=1S/C23H32N6O3/c30-21(24-6-5-18-3-1-2-4-18)13-19-14-25-22(26-15-19)23-27-16-20(17-28-23)32-12-9-29-7-10-31-11-8-29/h14-18H,1-13H2,(H,24,30). The highest BCUT2D eigenvalue weighted by molar-refractivity contribution is 5.78. The fourth-order valence-electron chi connectivity index (χ4n) is 4.15. The molecular weight excluding hydrogens is 408 g/mol. The highest BCUT2D eigenvalue weighted by atomic mass is 16.5. The van der Waals surface area contributed by atoms with Crippen molar-refractivity contribution in [2.45, 2.75) is 38.5 Å². The van der Waals surface area contributed by atoms with Crippen LogP contribution in [0.1, 0.15) is 37.7 Å². The Balaban J connectivity index is 1.19. The van der Waals surface area contributed by atoms with Gasteiger partial charge in [-0.05, 0) is 17.9 Å². The first-order valence-electron chi connectivity index (χ1n) is 11.6. The summed E-state index contributed by atoms with van der Waals surface area (Å²) in [6.07, 6.45) is 13.2. The third-order valence-electron chi connectivity index (χ3n) is 6.03. The molecule has 4 rings (SSSR count). The third kappa shape index (κ3) is 6.93. The summed E-state index contributed by atoms with van der Waals surface area (Å²) >= 11 is 0. The van der Waals surface area contributed by atoms with Gasteiger partial charge < -0.3 is 14.8 Å². The van der Waals surface area contributed by atoms with E-state index in [-0.39, 0.29) is 12.3 Å². The molecule has 9 nitrogen and oxygen atoms in total. The van der Waals surface area contributed by atoms with Gasteiger partial charge in [-0.15, -0.1) is 0 Å². The van der Waals surface area contributed by atoms with Crippen LogP contribution in [0.3, 0.4) is 0 Å². The first-order valence-corrected chi connectivity index (χ1v) is 11.6. The van der Waals surface area contributed by atoms with E-state index < -0.39 is 0 Å². The zero-order valence-corrected chi connectivity index (χ0v) is 18.5. The van der Waals surface area contributed by atoms with Crippen LogP contribution in [0, 0.1) is 5.92 Å². The summed E-state index contributed by atoms with van der Waals surface area (Å²) in [6.45, 7) is 5.61. The summed E-state index contributed by atoms with van der Waals surface area (Å²) in [6, 6.07) is 0. The number of carbonyl (C=O) groups is 1. The minimum Gasteiger partial charge on any atom is -0.489 e. The average molecular weight is 441 g/mol. The maximum Gasteiger partial charge on any atom is 0.224 e. The van der Waals surface area contributed by atoms with Gasteiger partial charge in [0, 0.05) is 38.6 Å². The normalized spacial score (nSPS) is 17.4. The SMILES string of the molecule is O=C(Cc1cnc(-c2ncc(OCCN3CCOCC3)cn2)nc1)NCCC1CCCC1. The Kier molecular flexibility index (Phi) is 8.33. The van der Waals surface area contributed by atoms with Crippen molar-refractivity contribution < 1.29 is 14.3 Å². The van der Waals surface area contributed by atoms with E-state index in [1.165, 1.54) is 25.7 Å². The molecule has 2 fully saturated rings. The summed E-state index contributed by atoms with van der Waals surface area (Å²) in [7, 11) is 0. The lowest BCUT2D eigenvalue weighted by Gasteiger charge is -2.26. The van der Waals surface area contributed by atoms with Gasteiger partial charge in [0.15, 0.2) is 17.4 Å².